The van der Waals surface area contributed by atoms with Crippen molar-refractivity contribution in [2.45, 2.75) is 67.8 Å². The highest BCUT2D eigenvalue weighted by Gasteiger charge is 2.29. The number of hydrogen-bond acceptors (Lipinski definition) is 6. The summed E-state index contributed by atoms with van der Waals surface area (Å²) in [6.45, 7) is 0. The lowest BCUT2D eigenvalue weighted by Gasteiger charge is -2.17. The van der Waals surface area contributed by atoms with Crippen LogP contribution in [-0.2, 0) is 5.75 Å². The third-order valence-electron chi connectivity index (χ3n) is 5.60. The van der Waals surface area contributed by atoms with Gasteiger partial charge < -0.3 is 4.52 Å². The summed E-state index contributed by atoms with van der Waals surface area (Å²) in [7, 11) is 0. The summed E-state index contributed by atoms with van der Waals surface area (Å²) < 4.78 is 34.3. The third kappa shape index (κ3) is 3.68. The van der Waals surface area contributed by atoms with Gasteiger partial charge in [-0.05, 0) is 31.7 Å². The molecule has 2 aliphatic carbocycles. The molecule has 2 aromatic heterocycles. The van der Waals surface area contributed by atoms with Crippen molar-refractivity contribution in [2.75, 3.05) is 0 Å². The monoisotopic (exact) mass is 418 g/mol. The molecule has 0 amide bonds. The number of nitrogens with zero attached hydrogens (tertiary/aromatic N) is 4. The second-order valence-corrected chi connectivity index (χ2v) is 8.70. The topological polar surface area (TPSA) is 73.8 Å². The zero-order valence-electron chi connectivity index (χ0n) is 15.7. The van der Waals surface area contributed by atoms with Crippen molar-refractivity contribution in [2.24, 2.45) is 0 Å². The number of thioether (sulfide) groups is 1. The van der Waals surface area contributed by atoms with Crippen molar-refractivity contribution < 1.29 is 13.3 Å². The Balaban J connectivity index is 1.43. The maximum Gasteiger partial charge on any atom is 0.262 e. The smallest absolute Gasteiger partial charge is 0.262 e. The number of aromatic nitrogens is 4. The van der Waals surface area contributed by atoms with Crippen LogP contribution < -0.4 is 5.56 Å². The fraction of sp³-hybridized carbons (Fsp3) is 0.500. The first kappa shape index (κ1) is 18.7. The number of hydrogen-bond donors (Lipinski definition) is 0. The van der Waals surface area contributed by atoms with Crippen molar-refractivity contribution in [3.05, 3.63) is 45.8 Å². The Morgan fingerprint density at radius 3 is 2.59 bits per heavy atom. The second kappa shape index (κ2) is 7.51. The van der Waals surface area contributed by atoms with Gasteiger partial charge in [0, 0.05) is 18.0 Å². The maximum absolute atomic E-state index is 13.6. The van der Waals surface area contributed by atoms with Crippen LogP contribution in [0.4, 0.5) is 8.78 Å². The van der Waals surface area contributed by atoms with Gasteiger partial charge in [-0.1, -0.05) is 36.2 Å². The van der Waals surface area contributed by atoms with Crippen molar-refractivity contribution in [1.29, 1.82) is 0 Å². The molecule has 2 fully saturated rings. The molecule has 9 heteroatoms. The molecular formula is C20H20F2N4O2S. The quantitative estimate of drug-likeness (QED) is 0.440. The van der Waals surface area contributed by atoms with Crippen LogP contribution in [0.5, 0.6) is 0 Å². The van der Waals surface area contributed by atoms with E-state index in [0.717, 1.165) is 43.6 Å². The SMILES string of the molecule is O=c1c2cc(F)c(F)cc2nc(SCc2nc(C3CCCCC3)no2)n1C1CC1. The summed E-state index contributed by atoms with van der Waals surface area (Å²) >= 11 is 1.31. The lowest BCUT2D eigenvalue weighted by Crippen LogP contribution is -2.22. The average molecular weight is 418 g/mol. The summed E-state index contributed by atoms with van der Waals surface area (Å²) in [6, 6.07) is 1.96. The summed E-state index contributed by atoms with van der Waals surface area (Å²) in [5.74, 6) is -0.0959. The van der Waals surface area contributed by atoms with E-state index in [9.17, 15) is 13.6 Å². The van der Waals surface area contributed by atoms with Gasteiger partial charge in [-0.2, -0.15) is 4.98 Å². The van der Waals surface area contributed by atoms with Gasteiger partial charge in [0.15, 0.2) is 22.6 Å². The van der Waals surface area contributed by atoms with Crippen LogP contribution in [0.15, 0.2) is 26.6 Å². The van der Waals surface area contributed by atoms with E-state index >= 15 is 0 Å². The Morgan fingerprint density at radius 2 is 1.83 bits per heavy atom. The molecule has 2 saturated carbocycles. The van der Waals surface area contributed by atoms with E-state index in [2.05, 4.69) is 15.1 Å². The summed E-state index contributed by atoms with van der Waals surface area (Å²) in [5, 5.41) is 4.69. The van der Waals surface area contributed by atoms with Crippen molar-refractivity contribution in [3.8, 4) is 0 Å². The normalized spacial score (nSPS) is 17.9. The number of fused-ring (bicyclic) bond motifs is 1. The van der Waals surface area contributed by atoms with E-state index in [0.29, 0.717) is 22.7 Å². The zero-order valence-corrected chi connectivity index (χ0v) is 16.6. The van der Waals surface area contributed by atoms with Crippen molar-refractivity contribution in [1.82, 2.24) is 19.7 Å². The van der Waals surface area contributed by atoms with E-state index in [1.165, 1.54) is 31.0 Å². The lowest BCUT2D eigenvalue weighted by molar-refractivity contribution is 0.365. The van der Waals surface area contributed by atoms with Crippen LogP contribution in [0, 0.1) is 11.6 Å². The van der Waals surface area contributed by atoms with E-state index in [-0.39, 0.29) is 22.5 Å². The molecule has 2 heterocycles. The molecule has 0 saturated heterocycles. The van der Waals surface area contributed by atoms with Gasteiger partial charge >= 0.3 is 0 Å². The van der Waals surface area contributed by atoms with Crippen LogP contribution in [0.2, 0.25) is 0 Å². The van der Waals surface area contributed by atoms with Gasteiger partial charge in [0.25, 0.3) is 5.56 Å². The van der Waals surface area contributed by atoms with Crippen LogP contribution in [0.3, 0.4) is 0 Å². The fourth-order valence-corrected chi connectivity index (χ4v) is 4.81. The Hall–Kier alpha value is -2.29. The molecule has 0 atom stereocenters. The molecule has 6 nitrogen and oxygen atoms in total. The van der Waals surface area contributed by atoms with Gasteiger partial charge in [0.2, 0.25) is 5.89 Å². The molecule has 3 aromatic rings. The highest BCUT2D eigenvalue weighted by Crippen LogP contribution is 2.37. The molecule has 0 bridgehead atoms. The Morgan fingerprint density at radius 1 is 1.07 bits per heavy atom. The second-order valence-electron chi connectivity index (χ2n) is 7.75. The van der Waals surface area contributed by atoms with Crippen LogP contribution >= 0.6 is 11.8 Å². The van der Waals surface area contributed by atoms with E-state index in [1.54, 1.807) is 4.57 Å². The molecule has 0 aliphatic heterocycles. The molecule has 2 aliphatic rings. The maximum atomic E-state index is 13.6. The minimum absolute atomic E-state index is 0.0514. The first-order chi connectivity index (χ1) is 14.1. The Labute approximate surface area is 169 Å². The van der Waals surface area contributed by atoms with Gasteiger partial charge in [0.05, 0.1) is 16.7 Å². The van der Waals surface area contributed by atoms with E-state index in [4.69, 9.17) is 4.52 Å². The van der Waals surface area contributed by atoms with E-state index in [1.807, 2.05) is 0 Å². The molecular weight excluding hydrogens is 398 g/mol. The number of benzene rings is 1. The summed E-state index contributed by atoms with van der Waals surface area (Å²) in [6.07, 6.45) is 7.55. The van der Waals surface area contributed by atoms with Gasteiger partial charge in [-0.25, -0.2) is 13.8 Å². The summed E-state index contributed by atoms with van der Waals surface area (Å²) in [4.78, 5) is 21.9. The zero-order chi connectivity index (χ0) is 20.0. The average Bonchev–Trinajstić information content (AvgIpc) is 3.45. The molecule has 5 rings (SSSR count). The molecule has 29 heavy (non-hydrogen) atoms. The van der Waals surface area contributed by atoms with Gasteiger partial charge in [0.1, 0.15) is 0 Å². The molecule has 152 valence electrons. The van der Waals surface area contributed by atoms with Crippen LogP contribution in [0.25, 0.3) is 10.9 Å². The standard InChI is InChI=1S/C20H20F2N4O2S/c21-14-8-13-16(9-15(14)22)23-20(26(19(13)27)12-6-7-12)29-10-17-24-18(25-28-17)11-4-2-1-3-5-11/h8-9,11-12H,1-7,10H2. The fourth-order valence-electron chi connectivity index (χ4n) is 3.91. The number of halogens is 2. The molecule has 0 unspecified atom stereocenters. The number of rotatable bonds is 5. The molecule has 0 N–H and O–H groups in total. The van der Waals surface area contributed by atoms with Crippen molar-refractivity contribution >= 4 is 22.7 Å². The lowest BCUT2D eigenvalue weighted by atomic mass is 9.89. The van der Waals surface area contributed by atoms with E-state index < -0.39 is 11.6 Å². The first-order valence-electron chi connectivity index (χ1n) is 9.96. The van der Waals surface area contributed by atoms with Crippen LogP contribution in [0.1, 0.15) is 68.6 Å². The predicted octanol–water partition coefficient (Wildman–Crippen LogP) is 4.73. The first-order valence-corrected chi connectivity index (χ1v) is 11.0. The molecule has 0 spiro atoms. The molecule has 1 aromatic carbocycles. The largest absolute Gasteiger partial charge is 0.338 e. The summed E-state index contributed by atoms with van der Waals surface area (Å²) in [5.41, 5.74) is -0.186. The predicted molar refractivity (Wildman–Crippen MR) is 104 cm³/mol. The highest BCUT2D eigenvalue weighted by atomic mass is 32.2. The van der Waals surface area contributed by atoms with Crippen molar-refractivity contribution in [3.63, 3.8) is 0 Å². The molecule has 0 radical (unpaired) electrons. The Bertz CT molecular complexity index is 1120. The minimum Gasteiger partial charge on any atom is -0.338 e. The highest BCUT2D eigenvalue weighted by molar-refractivity contribution is 7.98. The Kier molecular flexibility index (Phi) is 4.85. The third-order valence-corrected chi connectivity index (χ3v) is 6.54. The van der Waals surface area contributed by atoms with Gasteiger partial charge in [-0.3, -0.25) is 9.36 Å². The van der Waals surface area contributed by atoms with Gasteiger partial charge in [-0.15, -0.1) is 0 Å². The van der Waals surface area contributed by atoms with Crippen LogP contribution in [-0.4, -0.2) is 19.7 Å². The minimum atomic E-state index is -1.04.